The van der Waals surface area contributed by atoms with Crippen LogP contribution in [0.5, 0.6) is 0 Å². The van der Waals surface area contributed by atoms with Gasteiger partial charge in [-0.05, 0) is 42.9 Å². The molecule has 1 fully saturated rings. The van der Waals surface area contributed by atoms with Gasteiger partial charge in [0.05, 0.1) is 16.7 Å². The van der Waals surface area contributed by atoms with Crippen LogP contribution in [-0.2, 0) is 22.7 Å². The fourth-order valence-corrected chi connectivity index (χ4v) is 3.23. The fourth-order valence-electron chi connectivity index (χ4n) is 2.91. The van der Waals surface area contributed by atoms with Crippen molar-refractivity contribution in [2.24, 2.45) is 5.92 Å². The highest BCUT2D eigenvalue weighted by Crippen LogP contribution is 2.23. The first-order valence-electron chi connectivity index (χ1n) is 8.70. The summed E-state index contributed by atoms with van der Waals surface area (Å²) < 4.78 is 16.1. The molecule has 0 radical (unpaired) electrons. The maximum Gasteiger partial charge on any atom is 0.184 e. The van der Waals surface area contributed by atoms with Crippen molar-refractivity contribution in [3.8, 4) is 0 Å². The summed E-state index contributed by atoms with van der Waals surface area (Å²) in [5.41, 5.74) is 1.27. The normalized spacial score (nSPS) is 15.3. The van der Waals surface area contributed by atoms with Crippen LogP contribution in [0.1, 0.15) is 47.5 Å². The Labute approximate surface area is 162 Å². The molecule has 7 heteroatoms. The summed E-state index contributed by atoms with van der Waals surface area (Å²) in [4.78, 5) is 12.2. The first-order chi connectivity index (χ1) is 12.6. The van der Waals surface area contributed by atoms with Gasteiger partial charge in [0.2, 0.25) is 0 Å². The molecule has 0 amide bonds. The van der Waals surface area contributed by atoms with Gasteiger partial charge in [0.15, 0.2) is 11.5 Å². The van der Waals surface area contributed by atoms with Gasteiger partial charge in [-0.1, -0.05) is 34.4 Å². The lowest BCUT2D eigenvalue weighted by molar-refractivity contribution is 0.0618. The van der Waals surface area contributed by atoms with Crippen molar-refractivity contribution < 1.29 is 18.8 Å². The highest BCUT2D eigenvalue weighted by Gasteiger charge is 2.18. The van der Waals surface area contributed by atoms with Crippen LogP contribution in [-0.4, -0.2) is 24.2 Å². The second-order valence-electron chi connectivity index (χ2n) is 6.44. The van der Waals surface area contributed by atoms with E-state index in [1.165, 1.54) is 0 Å². The van der Waals surface area contributed by atoms with E-state index in [9.17, 15) is 4.79 Å². The van der Waals surface area contributed by atoms with E-state index in [2.05, 4.69) is 5.16 Å². The topological polar surface area (TPSA) is 61.6 Å². The lowest BCUT2D eigenvalue weighted by Crippen LogP contribution is -2.16. The molecule has 3 rings (SSSR count). The smallest absolute Gasteiger partial charge is 0.184 e. The van der Waals surface area contributed by atoms with Crippen LogP contribution < -0.4 is 0 Å². The number of halogens is 2. The van der Waals surface area contributed by atoms with Gasteiger partial charge in [0.25, 0.3) is 0 Å². The summed E-state index contributed by atoms with van der Waals surface area (Å²) in [5.74, 6) is 1.10. The summed E-state index contributed by atoms with van der Waals surface area (Å²) in [5, 5.41) is 4.86. The van der Waals surface area contributed by atoms with Gasteiger partial charge < -0.3 is 14.0 Å². The molecule has 140 valence electrons. The quantitative estimate of drug-likeness (QED) is 0.580. The summed E-state index contributed by atoms with van der Waals surface area (Å²) >= 11 is 11.9. The predicted molar refractivity (Wildman–Crippen MR) is 98.6 cm³/mol. The summed E-state index contributed by atoms with van der Waals surface area (Å²) in [6.07, 6.45) is 3.42. The molecule has 0 unspecified atom stereocenters. The van der Waals surface area contributed by atoms with E-state index in [1.54, 1.807) is 18.2 Å². The summed E-state index contributed by atoms with van der Waals surface area (Å²) in [6.45, 7) is 2.19. The minimum atomic E-state index is 0.0102. The standard InChI is InChI=1S/C19H21Cl2NO4/c20-16-3-1-14(9-17(16)21)11-25-12-15-10-18(22-26-15)19(23)4-2-13-5-7-24-8-6-13/h1,3,9-10,13H,2,4-8,11-12H2. The fraction of sp³-hybridized carbons (Fsp3) is 0.474. The second-order valence-corrected chi connectivity index (χ2v) is 7.25. The van der Waals surface area contributed by atoms with Crippen LogP contribution in [0.15, 0.2) is 28.8 Å². The van der Waals surface area contributed by atoms with Gasteiger partial charge >= 0.3 is 0 Å². The van der Waals surface area contributed by atoms with E-state index in [1.807, 2.05) is 6.07 Å². The van der Waals surface area contributed by atoms with Crippen molar-refractivity contribution in [2.75, 3.05) is 13.2 Å². The number of Topliss-reactive ketones (excluding diaryl/α,β-unsaturated/α-hetero) is 1. The van der Waals surface area contributed by atoms with Gasteiger partial charge in [-0.2, -0.15) is 0 Å². The number of hydrogen-bond acceptors (Lipinski definition) is 5. The lowest BCUT2D eigenvalue weighted by Gasteiger charge is -2.21. The Bertz CT molecular complexity index is 741. The second kappa shape index (κ2) is 9.51. The molecule has 1 aliphatic rings. The highest BCUT2D eigenvalue weighted by molar-refractivity contribution is 6.42. The molecule has 0 N–H and O–H groups in total. The lowest BCUT2D eigenvalue weighted by atomic mass is 9.93. The predicted octanol–water partition coefficient (Wildman–Crippen LogP) is 5.09. The molecule has 26 heavy (non-hydrogen) atoms. The Morgan fingerprint density at radius 1 is 1.15 bits per heavy atom. The summed E-state index contributed by atoms with van der Waals surface area (Å²) in [6, 6.07) is 6.99. The number of benzene rings is 1. The van der Waals surface area contributed by atoms with Crippen molar-refractivity contribution in [3.05, 3.63) is 51.3 Å². The van der Waals surface area contributed by atoms with Crippen LogP contribution in [0.2, 0.25) is 10.0 Å². The minimum Gasteiger partial charge on any atom is -0.381 e. The zero-order valence-electron chi connectivity index (χ0n) is 14.4. The number of aromatic nitrogens is 1. The molecule has 0 saturated carbocycles. The van der Waals surface area contributed by atoms with Gasteiger partial charge in [-0.3, -0.25) is 4.79 Å². The monoisotopic (exact) mass is 397 g/mol. The summed E-state index contributed by atoms with van der Waals surface area (Å²) in [7, 11) is 0. The third kappa shape index (κ3) is 5.55. The van der Waals surface area contributed by atoms with Gasteiger partial charge in [-0.15, -0.1) is 0 Å². The number of ether oxygens (including phenoxy) is 2. The Balaban J connectivity index is 1.43. The van der Waals surface area contributed by atoms with E-state index in [-0.39, 0.29) is 12.4 Å². The molecule has 2 heterocycles. The first-order valence-corrected chi connectivity index (χ1v) is 9.45. The molecule has 5 nitrogen and oxygen atoms in total. The molecule has 1 aromatic heterocycles. The van der Waals surface area contributed by atoms with E-state index in [4.69, 9.17) is 37.2 Å². The van der Waals surface area contributed by atoms with Gasteiger partial charge in [0.1, 0.15) is 12.3 Å². The number of rotatable bonds is 8. The van der Waals surface area contributed by atoms with Crippen LogP contribution in [0.25, 0.3) is 0 Å². The van der Waals surface area contributed by atoms with Crippen molar-refractivity contribution in [1.82, 2.24) is 5.16 Å². The van der Waals surface area contributed by atoms with Crippen LogP contribution in [0.4, 0.5) is 0 Å². The maximum absolute atomic E-state index is 12.2. The first kappa shape index (κ1) is 19.4. The Morgan fingerprint density at radius 3 is 2.73 bits per heavy atom. The number of hydrogen-bond donors (Lipinski definition) is 0. The van der Waals surface area contributed by atoms with E-state index >= 15 is 0 Å². The third-order valence-corrected chi connectivity index (χ3v) is 5.20. The van der Waals surface area contributed by atoms with E-state index < -0.39 is 0 Å². The zero-order chi connectivity index (χ0) is 18.4. The van der Waals surface area contributed by atoms with Crippen LogP contribution in [0, 0.1) is 5.92 Å². The van der Waals surface area contributed by atoms with Crippen LogP contribution >= 0.6 is 23.2 Å². The van der Waals surface area contributed by atoms with Crippen molar-refractivity contribution in [2.45, 2.75) is 38.9 Å². The SMILES string of the molecule is O=C(CCC1CCOCC1)c1cc(COCc2ccc(Cl)c(Cl)c2)on1. The molecule has 1 aliphatic heterocycles. The Kier molecular flexibility index (Phi) is 7.08. The largest absolute Gasteiger partial charge is 0.381 e. The van der Waals surface area contributed by atoms with E-state index in [0.29, 0.717) is 40.4 Å². The van der Waals surface area contributed by atoms with Gasteiger partial charge in [0, 0.05) is 25.7 Å². The Morgan fingerprint density at radius 2 is 1.96 bits per heavy atom. The Hall–Kier alpha value is -1.40. The van der Waals surface area contributed by atoms with Crippen molar-refractivity contribution in [3.63, 3.8) is 0 Å². The zero-order valence-corrected chi connectivity index (χ0v) is 15.9. The molecule has 0 aliphatic carbocycles. The molecular weight excluding hydrogens is 377 g/mol. The number of carbonyl (C=O) groups is 1. The highest BCUT2D eigenvalue weighted by atomic mass is 35.5. The molecule has 0 spiro atoms. The molecular formula is C19H21Cl2NO4. The average molecular weight is 398 g/mol. The maximum atomic E-state index is 12.2. The number of ketones is 1. The van der Waals surface area contributed by atoms with Crippen molar-refractivity contribution >= 4 is 29.0 Å². The molecule has 1 aromatic carbocycles. The van der Waals surface area contributed by atoms with Crippen LogP contribution in [0.3, 0.4) is 0 Å². The molecule has 2 aromatic rings. The molecule has 1 saturated heterocycles. The number of nitrogens with zero attached hydrogens (tertiary/aromatic N) is 1. The average Bonchev–Trinajstić information content (AvgIpc) is 3.12. The van der Waals surface area contributed by atoms with E-state index in [0.717, 1.165) is 38.0 Å². The third-order valence-electron chi connectivity index (χ3n) is 4.46. The van der Waals surface area contributed by atoms with Gasteiger partial charge in [-0.25, -0.2) is 0 Å². The van der Waals surface area contributed by atoms with Crippen molar-refractivity contribution in [1.29, 1.82) is 0 Å². The number of carbonyl (C=O) groups excluding carboxylic acids is 1. The minimum absolute atomic E-state index is 0.0102. The molecule has 0 bridgehead atoms. The molecule has 0 atom stereocenters.